The summed E-state index contributed by atoms with van der Waals surface area (Å²) in [6.07, 6.45) is 0.0536. The quantitative estimate of drug-likeness (QED) is 0.917. The number of hydrogen-bond donors (Lipinski definition) is 1. The van der Waals surface area contributed by atoms with Gasteiger partial charge in [0.15, 0.2) is 6.10 Å². The maximum absolute atomic E-state index is 12.2. The number of aryl methyl sites for hydroxylation is 1. The van der Waals surface area contributed by atoms with Gasteiger partial charge in [-0.05, 0) is 42.8 Å². The maximum atomic E-state index is 12.2. The first-order chi connectivity index (χ1) is 9.61. The number of amides is 1. The molecule has 3 nitrogen and oxygen atoms in total. The number of benzene rings is 2. The lowest BCUT2D eigenvalue weighted by atomic mass is 10.1. The van der Waals surface area contributed by atoms with Crippen molar-refractivity contribution in [2.24, 2.45) is 0 Å². The number of halogens is 1. The lowest BCUT2D eigenvalue weighted by molar-refractivity contribution is -0.122. The van der Waals surface area contributed by atoms with E-state index in [-0.39, 0.29) is 5.91 Å². The van der Waals surface area contributed by atoms with Gasteiger partial charge in [0.05, 0.1) is 0 Å². The first kappa shape index (κ1) is 13.0. The number of anilines is 1. The highest BCUT2D eigenvalue weighted by Crippen LogP contribution is 2.31. The zero-order valence-corrected chi connectivity index (χ0v) is 11.8. The molecule has 1 atom stereocenters. The van der Waals surface area contributed by atoms with Crippen molar-refractivity contribution in [1.82, 2.24) is 0 Å². The Morgan fingerprint density at radius 2 is 2.00 bits per heavy atom. The van der Waals surface area contributed by atoms with Gasteiger partial charge >= 0.3 is 0 Å². The number of hydrogen-bond acceptors (Lipinski definition) is 2. The SMILES string of the molecule is Cc1ccc(NC(=O)C2Cc3cc(Cl)ccc3O2)cc1. The molecule has 0 aliphatic carbocycles. The minimum absolute atomic E-state index is 0.138. The van der Waals surface area contributed by atoms with E-state index < -0.39 is 6.10 Å². The molecule has 1 aliphatic heterocycles. The van der Waals surface area contributed by atoms with Gasteiger partial charge in [-0.25, -0.2) is 0 Å². The van der Waals surface area contributed by atoms with Gasteiger partial charge in [-0.15, -0.1) is 0 Å². The van der Waals surface area contributed by atoms with Crippen molar-refractivity contribution in [3.8, 4) is 5.75 Å². The lowest BCUT2D eigenvalue weighted by Crippen LogP contribution is -2.31. The summed E-state index contributed by atoms with van der Waals surface area (Å²) in [7, 11) is 0. The summed E-state index contributed by atoms with van der Waals surface area (Å²) >= 11 is 5.94. The molecule has 20 heavy (non-hydrogen) atoms. The fourth-order valence-electron chi connectivity index (χ4n) is 2.22. The van der Waals surface area contributed by atoms with E-state index in [2.05, 4.69) is 5.32 Å². The second-order valence-corrected chi connectivity index (χ2v) is 5.35. The smallest absolute Gasteiger partial charge is 0.265 e. The van der Waals surface area contributed by atoms with Crippen molar-refractivity contribution in [3.05, 3.63) is 58.6 Å². The van der Waals surface area contributed by atoms with Gasteiger partial charge in [-0.3, -0.25) is 4.79 Å². The number of fused-ring (bicyclic) bond motifs is 1. The van der Waals surface area contributed by atoms with Crippen LogP contribution in [0.25, 0.3) is 0 Å². The zero-order chi connectivity index (χ0) is 14.1. The second-order valence-electron chi connectivity index (χ2n) is 4.92. The van der Waals surface area contributed by atoms with Crippen molar-refractivity contribution in [2.45, 2.75) is 19.4 Å². The largest absolute Gasteiger partial charge is 0.480 e. The monoisotopic (exact) mass is 287 g/mol. The summed E-state index contributed by atoms with van der Waals surface area (Å²) in [6.45, 7) is 2.01. The van der Waals surface area contributed by atoms with E-state index in [1.165, 1.54) is 0 Å². The Hall–Kier alpha value is -2.00. The predicted molar refractivity (Wildman–Crippen MR) is 79.4 cm³/mol. The van der Waals surface area contributed by atoms with Crippen LogP contribution < -0.4 is 10.1 Å². The average Bonchev–Trinajstić information content (AvgIpc) is 2.84. The van der Waals surface area contributed by atoms with Gasteiger partial charge in [-0.1, -0.05) is 29.3 Å². The van der Waals surface area contributed by atoms with E-state index in [1.807, 2.05) is 37.3 Å². The van der Waals surface area contributed by atoms with Crippen LogP contribution in [-0.4, -0.2) is 12.0 Å². The van der Waals surface area contributed by atoms with E-state index >= 15 is 0 Å². The summed E-state index contributed by atoms with van der Waals surface area (Å²) in [5.74, 6) is 0.597. The molecule has 1 unspecified atom stereocenters. The summed E-state index contributed by atoms with van der Waals surface area (Å²) < 4.78 is 5.65. The molecule has 2 aromatic carbocycles. The maximum Gasteiger partial charge on any atom is 0.265 e. The molecule has 0 aromatic heterocycles. The van der Waals surface area contributed by atoms with Crippen LogP contribution in [0.3, 0.4) is 0 Å². The third kappa shape index (κ3) is 2.63. The second kappa shape index (κ2) is 5.17. The van der Waals surface area contributed by atoms with Crippen LogP contribution in [0.5, 0.6) is 5.75 Å². The third-order valence-electron chi connectivity index (χ3n) is 3.31. The van der Waals surface area contributed by atoms with Crippen LogP contribution in [0.4, 0.5) is 5.69 Å². The van der Waals surface area contributed by atoms with Gasteiger partial charge in [0.25, 0.3) is 5.91 Å². The zero-order valence-electron chi connectivity index (χ0n) is 11.0. The summed E-state index contributed by atoms with van der Waals surface area (Å²) in [5.41, 5.74) is 2.90. The van der Waals surface area contributed by atoms with E-state index in [9.17, 15) is 4.79 Å². The number of rotatable bonds is 2. The summed E-state index contributed by atoms with van der Waals surface area (Å²) in [5, 5.41) is 3.52. The number of ether oxygens (including phenoxy) is 1. The molecule has 0 spiro atoms. The van der Waals surface area contributed by atoms with Gasteiger partial charge in [0.2, 0.25) is 0 Å². The first-order valence-electron chi connectivity index (χ1n) is 6.44. The normalized spacial score (nSPS) is 16.4. The summed E-state index contributed by atoms with van der Waals surface area (Å²) in [6, 6.07) is 13.1. The number of carbonyl (C=O) groups is 1. The molecule has 3 rings (SSSR count). The van der Waals surface area contributed by atoms with Crippen molar-refractivity contribution in [1.29, 1.82) is 0 Å². The van der Waals surface area contributed by atoms with Gasteiger partial charge < -0.3 is 10.1 Å². The average molecular weight is 288 g/mol. The highest BCUT2D eigenvalue weighted by molar-refractivity contribution is 6.30. The molecular weight excluding hydrogens is 274 g/mol. The van der Waals surface area contributed by atoms with Crippen LogP contribution in [0.15, 0.2) is 42.5 Å². The Kier molecular flexibility index (Phi) is 3.36. The number of carbonyl (C=O) groups excluding carboxylic acids is 1. The molecule has 102 valence electrons. The molecular formula is C16H14ClNO2. The Bertz CT molecular complexity index is 652. The molecule has 0 radical (unpaired) electrons. The highest BCUT2D eigenvalue weighted by Gasteiger charge is 2.29. The lowest BCUT2D eigenvalue weighted by Gasteiger charge is -2.11. The minimum atomic E-state index is -0.496. The van der Waals surface area contributed by atoms with E-state index in [4.69, 9.17) is 16.3 Å². The molecule has 0 bridgehead atoms. The minimum Gasteiger partial charge on any atom is -0.480 e. The number of nitrogens with one attached hydrogen (secondary N) is 1. The Morgan fingerprint density at radius 1 is 1.25 bits per heavy atom. The Balaban J connectivity index is 1.69. The fourth-order valence-corrected chi connectivity index (χ4v) is 2.42. The standard InChI is InChI=1S/C16H14ClNO2/c1-10-2-5-13(6-3-10)18-16(19)15-9-11-8-12(17)4-7-14(11)20-15/h2-8,15H,9H2,1H3,(H,18,19). The van der Waals surface area contributed by atoms with Gasteiger partial charge in [-0.2, -0.15) is 0 Å². The molecule has 1 aliphatic rings. The van der Waals surface area contributed by atoms with Crippen LogP contribution in [0.2, 0.25) is 5.02 Å². The molecule has 0 saturated heterocycles. The molecule has 0 fully saturated rings. The van der Waals surface area contributed by atoms with E-state index in [0.29, 0.717) is 11.4 Å². The van der Waals surface area contributed by atoms with Crippen molar-refractivity contribution in [3.63, 3.8) is 0 Å². The molecule has 2 aromatic rings. The van der Waals surface area contributed by atoms with Crippen molar-refractivity contribution >= 4 is 23.2 Å². The van der Waals surface area contributed by atoms with Gasteiger partial charge in [0, 0.05) is 17.1 Å². The fraction of sp³-hybridized carbons (Fsp3) is 0.188. The van der Waals surface area contributed by atoms with Crippen LogP contribution in [0.1, 0.15) is 11.1 Å². The van der Waals surface area contributed by atoms with Crippen LogP contribution in [-0.2, 0) is 11.2 Å². The van der Waals surface area contributed by atoms with E-state index in [1.54, 1.807) is 12.1 Å². The van der Waals surface area contributed by atoms with Crippen molar-refractivity contribution in [2.75, 3.05) is 5.32 Å². The van der Waals surface area contributed by atoms with Crippen molar-refractivity contribution < 1.29 is 9.53 Å². The summed E-state index contributed by atoms with van der Waals surface area (Å²) in [4.78, 5) is 12.2. The Morgan fingerprint density at radius 3 is 2.75 bits per heavy atom. The van der Waals surface area contributed by atoms with Crippen LogP contribution in [0, 0.1) is 6.92 Å². The molecule has 0 saturated carbocycles. The topological polar surface area (TPSA) is 38.3 Å². The molecule has 1 N–H and O–H groups in total. The predicted octanol–water partition coefficient (Wildman–Crippen LogP) is 3.59. The first-order valence-corrected chi connectivity index (χ1v) is 6.82. The van der Waals surface area contributed by atoms with E-state index in [0.717, 1.165) is 22.6 Å². The Labute approximate surface area is 122 Å². The molecule has 1 heterocycles. The highest BCUT2D eigenvalue weighted by atomic mass is 35.5. The van der Waals surface area contributed by atoms with Gasteiger partial charge in [0.1, 0.15) is 5.75 Å². The molecule has 4 heteroatoms. The molecule has 1 amide bonds. The van der Waals surface area contributed by atoms with Crippen LogP contribution >= 0.6 is 11.6 Å². The third-order valence-corrected chi connectivity index (χ3v) is 3.54.